The standard InChI is InChI=1S/C24H22N2O5/c1-30-17-8-9-18(19(12-17)31-2)25-22(27)15-4-3-5-16(11-15)26-23(28)20-13-6-7-14(10-13)21(20)24(26)29/h3-9,11-14,20-21H,10H2,1-2H3,(H,25,27)/t13-,14-,20-,21-/m0/s1. The van der Waals surface area contributed by atoms with E-state index in [1.54, 1.807) is 49.6 Å². The van der Waals surface area contributed by atoms with Crippen molar-refractivity contribution >= 4 is 29.1 Å². The van der Waals surface area contributed by atoms with Crippen molar-refractivity contribution in [3.05, 3.63) is 60.2 Å². The first-order valence-electron chi connectivity index (χ1n) is 10.2. The van der Waals surface area contributed by atoms with Gasteiger partial charge in [0.15, 0.2) is 0 Å². The molecule has 2 aliphatic carbocycles. The van der Waals surface area contributed by atoms with Gasteiger partial charge in [-0.25, -0.2) is 4.90 Å². The number of nitrogens with one attached hydrogen (secondary N) is 1. The van der Waals surface area contributed by atoms with Crippen molar-refractivity contribution in [1.82, 2.24) is 0 Å². The maximum absolute atomic E-state index is 13.0. The summed E-state index contributed by atoms with van der Waals surface area (Å²) in [5, 5.41) is 2.82. The number of nitrogens with zero attached hydrogens (tertiary/aromatic N) is 1. The number of carbonyl (C=O) groups is 3. The van der Waals surface area contributed by atoms with E-state index in [1.807, 2.05) is 0 Å². The van der Waals surface area contributed by atoms with Crippen molar-refractivity contribution in [2.45, 2.75) is 6.42 Å². The Balaban J connectivity index is 1.39. The van der Waals surface area contributed by atoms with Gasteiger partial charge in [-0.15, -0.1) is 0 Å². The number of rotatable bonds is 5. The van der Waals surface area contributed by atoms with Crippen LogP contribution in [0.25, 0.3) is 0 Å². The van der Waals surface area contributed by atoms with E-state index < -0.39 is 0 Å². The minimum atomic E-state index is -0.369. The average Bonchev–Trinajstić information content (AvgIpc) is 3.47. The van der Waals surface area contributed by atoms with E-state index in [2.05, 4.69) is 17.5 Å². The highest BCUT2D eigenvalue weighted by molar-refractivity contribution is 6.23. The lowest BCUT2D eigenvalue weighted by atomic mass is 9.85. The lowest BCUT2D eigenvalue weighted by Gasteiger charge is -2.18. The molecule has 2 fully saturated rings. The first-order chi connectivity index (χ1) is 15.0. The predicted molar refractivity (Wildman–Crippen MR) is 114 cm³/mol. The fourth-order valence-electron chi connectivity index (χ4n) is 5.04. The van der Waals surface area contributed by atoms with E-state index >= 15 is 0 Å². The molecule has 3 amide bonds. The molecular weight excluding hydrogens is 396 g/mol. The van der Waals surface area contributed by atoms with E-state index in [4.69, 9.17) is 9.47 Å². The van der Waals surface area contributed by atoms with Crippen LogP contribution in [0.5, 0.6) is 11.5 Å². The van der Waals surface area contributed by atoms with Crippen LogP contribution in [0.15, 0.2) is 54.6 Å². The molecule has 1 heterocycles. The predicted octanol–water partition coefficient (Wildman–Crippen LogP) is 3.27. The highest BCUT2D eigenvalue weighted by atomic mass is 16.5. The third kappa shape index (κ3) is 3.00. The van der Waals surface area contributed by atoms with Gasteiger partial charge in [-0.3, -0.25) is 14.4 Å². The van der Waals surface area contributed by atoms with Crippen LogP contribution in [0.1, 0.15) is 16.8 Å². The van der Waals surface area contributed by atoms with Crippen LogP contribution in [0.4, 0.5) is 11.4 Å². The fourth-order valence-corrected chi connectivity index (χ4v) is 5.04. The Bertz CT molecular complexity index is 1090. The van der Waals surface area contributed by atoms with Crippen molar-refractivity contribution in [2.75, 3.05) is 24.4 Å². The van der Waals surface area contributed by atoms with Crippen LogP contribution in [-0.2, 0) is 9.59 Å². The van der Waals surface area contributed by atoms with Crippen molar-refractivity contribution in [3.8, 4) is 11.5 Å². The van der Waals surface area contributed by atoms with E-state index in [9.17, 15) is 14.4 Å². The molecule has 2 bridgehead atoms. The van der Waals surface area contributed by atoms with E-state index in [-0.39, 0.29) is 41.4 Å². The highest BCUT2D eigenvalue weighted by Gasteiger charge is 2.59. The number of anilines is 2. The molecular formula is C24H22N2O5. The molecule has 0 radical (unpaired) electrons. The number of amides is 3. The maximum atomic E-state index is 13.0. The Hall–Kier alpha value is -3.61. The molecule has 1 N–H and O–H groups in total. The zero-order valence-corrected chi connectivity index (χ0v) is 17.2. The summed E-state index contributed by atoms with van der Waals surface area (Å²) in [5.74, 6) is 0.110. The quantitative estimate of drug-likeness (QED) is 0.595. The molecule has 0 aromatic heterocycles. The van der Waals surface area contributed by atoms with Crippen LogP contribution < -0.4 is 19.7 Å². The molecule has 2 aromatic rings. The van der Waals surface area contributed by atoms with Crippen molar-refractivity contribution in [1.29, 1.82) is 0 Å². The van der Waals surface area contributed by atoms with Crippen molar-refractivity contribution in [3.63, 3.8) is 0 Å². The number of hydrogen-bond donors (Lipinski definition) is 1. The first-order valence-corrected chi connectivity index (χ1v) is 10.2. The molecule has 7 heteroatoms. The zero-order valence-electron chi connectivity index (χ0n) is 17.2. The number of ether oxygens (including phenoxy) is 2. The molecule has 1 saturated carbocycles. The maximum Gasteiger partial charge on any atom is 0.255 e. The summed E-state index contributed by atoms with van der Waals surface area (Å²) in [6, 6.07) is 11.7. The van der Waals surface area contributed by atoms with Crippen LogP contribution in [0.2, 0.25) is 0 Å². The molecule has 2 aromatic carbocycles. The summed E-state index contributed by atoms with van der Waals surface area (Å²) >= 11 is 0. The second-order valence-corrected chi connectivity index (χ2v) is 8.08. The number of methoxy groups -OCH3 is 2. The number of benzene rings is 2. The molecule has 0 spiro atoms. The Morgan fingerprint density at radius 1 is 0.968 bits per heavy atom. The van der Waals surface area contributed by atoms with E-state index in [0.717, 1.165) is 6.42 Å². The van der Waals surface area contributed by atoms with Crippen molar-refractivity contribution in [2.24, 2.45) is 23.7 Å². The third-order valence-corrected chi connectivity index (χ3v) is 6.49. The number of fused-ring (bicyclic) bond motifs is 5. The van der Waals surface area contributed by atoms with Crippen LogP contribution in [0.3, 0.4) is 0 Å². The van der Waals surface area contributed by atoms with Gasteiger partial charge in [-0.1, -0.05) is 18.2 Å². The zero-order chi connectivity index (χ0) is 21.7. The summed E-state index contributed by atoms with van der Waals surface area (Å²) in [6.45, 7) is 0. The Kier molecular flexibility index (Phi) is 4.54. The van der Waals surface area contributed by atoms with Gasteiger partial charge in [-0.05, 0) is 48.6 Å². The normalized spacial score (nSPS) is 25.7. The Morgan fingerprint density at radius 2 is 1.68 bits per heavy atom. The number of imide groups is 1. The van der Waals surface area contributed by atoms with Gasteiger partial charge in [0.2, 0.25) is 11.8 Å². The lowest BCUT2D eigenvalue weighted by molar-refractivity contribution is -0.123. The van der Waals surface area contributed by atoms with Gasteiger partial charge < -0.3 is 14.8 Å². The van der Waals surface area contributed by atoms with Gasteiger partial charge in [0, 0.05) is 11.6 Å². The van der Waals surface area contributed by atoms with E-state index in [1.165, 1.54) is 12.0 Å². The molecule has 31 heavy (non-hydrogen) atoms. The SMILES string of the molecule is COc1ccc(NC(=O)c2cccc(N3C(=O)[C@@H]4[C@@H](C3=O)[C@H]3C=C[C@H]4C3)c2)c(OC)c1. The van der Waals surface area contributed by atoms with Gasteiger partial charge >= 0.3 is 0 Å². The minimum Gasteiger partial charge on any atom is -0.497 e. The van der Waals surface area contributed by atoms with Crippen LogP contribution >= 0.6 is 0 Å². The Labute approximate surface area is 179 Å². The number of allylic oxidation sites excluding steroid dienone is 2. The molecule has 5 rings (SSSR count). The van der Waals surface area contributed by atoms with Crippen LogP contribution in [-0.4, -0.2) is 31.9 Å². The van der Waals surface area contributed by atoms with Gasteiger partial charge in [0.1, 0.15) is 11.5 Å². The molecule has 158 valence electrons. The first kappa shape index (κ1) is 19.4. The van der Waals surface area contributed by atoms with Gasteiger partial charge in [0.25, 0.3) is 5.91 Å². The topological polar surface area (TPSA) is 84.9 Å². The monoisotopic (exact) mass is 418 g/mol. The molecule has 4 atom stereocenters. The fraction of sp³-hybridized carbons (Fsp3) is 0.292. The summed E-state index contributed by atoms with van der Waals surface area (Å²) in [7, 11) is 3.06. The molecule has 1 saturated heterocycles. The largest absolute Gasteiger partial charge is 0.497 e. The molecule has 3 aliphatic rings. The smallest absolute Gasteiger partial charge is 0.255 e. The van der Waals surface area contributed by atoms with Crippen LogP contribution in [0, 0.1) is 23.7 Å². The summed E-state index contributed by atoms with van der Waals surface area (Å²) in [6.07, 6.45) is 5.01. The molecule has 1 aliphatic heterocycles. The van der Waals surface area contributed by atoms with Gasteiger partial charge in [-0.2, -0.15) is 0 Å². The lowest BCUT2D eigenvalue weighted by Crippen LogP contribution is -2.33. The number of hydrogen-bond acceptors (Lipinski definition) is 5. The molecule has 7 nitrogen and oxygen atoms in total. The Morgan fingerprint density at radius 3 is 2.32 bits per heavy atom. The van der Waals surface area contributed by atoms with Gasteiger partial charge in [0.05, 0.1) is 37.4 Å². The minimum absolute atomic E-state index is 0.144. The summed E-state index contributed by atoms with van der Waals surface area (Å²) in [5.41, 5.74) is 1.26. The van der Waals surface area contributed by atoms with Crippen molar-refractivity contribution < 1.29 is 23.9 Å². The second kappa shape index (κ2) is 7.27. The van der Waals surface area contributed by atoms with E-state index in [0.29, 0.717) is 28.4 Å². The number of carbonyl (C=O) groups excluding carboxylic acids is 3. The summed E-state index contributed by atoms with van der Waals surface area (Å²) < 4.78 is 10.5. The summed E-state index contributed by atoms with van der Waals surface area (Å²) in [4.78, 5) is 40.2. The second-order valence-electron chi connectivity index (χ2n) is 8.08. The average molecular weight is 418 g/mol. The molecule has 0 unspecified atom stereocenters. The highest BCUT2D eigenvalue weighted by Crippen LogP contribution is 2.53. The third-order valence-electron chi connectivity index (χ3n) is 6.49.